The van der Waals surface area contributed by atoms with E-state index < -0.39 is 60.3 Å². The molecule has 2 amide bonds. The van der Waals surface area contributed by atoms with Crippen LogP contribution in [0.4, 0.5) is 13.2 Å². The van der Waals surface area contributed by atoms with Crippen molar-refractivity contribution in [3.63, 3.8) is 0 Å². The summed E-state index contributed by atoms with van der Waals surface area (Å²) in [5.74, 6) is -0.383. The fraction of sp³-hybridized carbons (Fsp3) is 0.415. The van der Waals surface area contributed by atoms with Gasteiger partial charge in [-0.1, -0.05) is 29.8 Å². The van der Waals surface area contributed by atoms with Crippen molar-refractivity contribution in [3.8, 4) is 17.1 Å². The van der Waals surface area contributed by atoms with Gasteiger partial charge in [0.25, 0.3) is 0 Å². The number of ether oxygens (including phenoxy) is 1. The number of hydrogen-bond acceptors (Lipinski definition) is 11. The van der Waals surface area contributed by atoms with Crippen LogP contribution in [0.1, 0.15) is 43.5 Å². The zero-order valence-electron chi connectivity index (χ0n) is 31.8. The van der Waals surface area contributed by atoms with E-state index in [1.807, 2.05) is 24.1 Å². The third-order valence-corrected chi connectivity index (χ3v) is 11.0. The van der Waals surface area contributed by atoms with Crippen LogP contribution in [-0.2, 0) is 21.5 Å². The second-order valence-corrected chi connectivity index (χ2v) is 15.6. The third-order valence-electron chi connectivity index (χ3n) is 10.7. The van der Waals surface area contributed by atoms with Crippen LogP contribution in [0.25, 0.3) is 22.3 Å². The number of nitrogens with one attached hydrogen (secondary N) is 2. The maximum atomic E-state index is 14.1. The number of aromatic nitrogens is 2. The number of aliphatic hydroxyl groups excluding tert-OH is 2. The summed E-state index contributed by atoms with van der Waals surface area (Å²) in [6.45, 7) is 2.53. The van der Waals surface area contributed by atoms with Crippen LogP contribution >= 0.6 is 11.6 Å². The molecule has 3 aromatic heterocycles. The summed E-state index contributed by atoms with van der Waals surface area (Å²) in [7, 11) is 0. The first-order chi connectivity index (χ1) is 27.6. The molecule has 1 saturated heterocycles. The van der Waals surface area contributed by atoms with Gasteiger partial charge in [0.15, 0.2) is 5.76 Å². The molecule has 0 bridgehead atoms. The average Bonchev–Trinajstić information content (AvgIpc) is 3.86. The molecule has 5 aromatic rings. The lowest BCUT2D eigenvalue weighted by atomic mass is 9.92. The summed E-state index contributed by atoms with van der Waals surface area (Å²) in [5.41, 5.74) is 1.03. The van der Waals surface area contributed by atoms with E-state index in [9.17, 15) is 33.0 Å². The molecule has 5 heterocycles. The molecule has 2 aromatic carbocycles. The van der Waals surface area contributed by atoms with Gasteiger partial charge in [-0.2, -0.15) is 13.2 Å². The molecule has 2 aliphatic rings. The maximum Gasteiger partial charge on any atom is 0.405 e. The Labute approximate surface area is 337 Å². The summed E-state index contributed by atoms with van der Waals surface area (Å²) < 4.78 is 57.7. The van der Waals surface area contributed by atoms with Crippen molar-refractivity contribution in [2.75, 3.05) is 39.3 Å². The molecule has 4 N–H and O–H groups in total. The van der Waals surface area contributed by atoms with E-state index in [0.717, 1.165) is 10.9 Å². The number of piperazine rings is 1. The molecule has 5 atom stereocenters. The Morgan fingerprint density at radius 2 is 1.83 bits per heavy atom. The first kappa shape index (κ1) is 41.2. The molecule has 0 saturated carbocycles. The Morgan fingerprint density at radius 3 is 2.59 bits per heavy atom. The summed E-state index contributed by atoms with van der Waals surface area (Å²) in [6.07, 6.45) is -2.13. The summed E-state index contributed by atoms with van der Waals surface area (Å²) in [6, 6.07) is 15.7. The number of carbonyl (C=O) groups excluding carboxylic acids is 2. The number of aliphatic hydroxyl groups is 2. The topological polar surface area (TPSA) is 166 Å². The number of hydrogen-bond donors (Lipinski definition) is 4. The van der Waals surface area contributed by atoms with Crippen molar-refractivity contribution >= 4 is 34.4 Å². The molecule has 13 nitrogen and oxygen atoms in total. The highest BCUT2D eigenvalue weighted by Gasteiger charge is 2.43. The number of alkyl halides is 3. The van der Waals surface area contributed by atoms with Crippen molar-refractivity contribution in [1.29, 1.82) is 0 Å². The quantitative estimate of drug-likeness (QED) is 0.122. The van der Waals surface area contributed by atoms with E-state index in [0.29, 0.717) is 45.9 Å². The van der Waals surface area contributed by atoms with Crippen LogP contribution in [0.5, 0.6) is 5.75 Å². The average molecular weight is 825 g/mol. The van der Waals surface area contributed by atoms with Crippen LogP contribution in [0.15, 0.2) is 88.1 Å². The maximum absolute atomic E-state index is 14.1. The number of halogens is 4. The zero-order chi connectivity index (χ0) is 41.2. The van der Waals surface area contributed by atoms with E-state index in [-0.39, 0.29) is 39.1 Å². The lowest BCUT2D eigenvalue weighted by Gasteiger charge is -2.46. The number of amides is 2. The van der Waals surface area contributed by atoms with Crippen LogP contribution in [0.2, 0.25) is 5.02 Å². The first-order valence-electron chi connectivity index (χ1n) is 18.9. The van der Waals surface area contributed by atoms with Gasteiger partial charge in [-0.25, -0.2) is 4.98 Å². The summed E-state index contributed by atoms with van der Waals surface area (Å²) >= 11 is 6.05. The number of nitrogens with zero attached hydrogens (tertiary/aromatic N) is 4. The van der Waals surface area contributed by atoms with Gasteiger partial charge >= 0.3 is 6.18 Å². The smallest absolute Gasteiger partial charge is 0.405 e. The van der Waals surface area contributed by atoms with Crippen molar-refractivity contribution in [2.24, 2.45) is 5.92 Å². The Bertz CT molecular complexity index is 2180. The van der Waals surface area contributed by atoms with E-state index in [1.54, 1.807) is 84.2 Å². The van der Waals surface area contributed by atoms with Crippen molar-refractivity contribution in [2.45, 2.75) is 62.7 Å². The van der Waals surface area contributed by atoms with Crippen LogP contribution in [-0.4, -0.2) is 106 Å². The minimum Gasteiger partial charge on any atom is -0.490 e. The molecule has 17 heteroatoms. The van der Waals surface area contributed by atoms with Gasteiger partial charge in [-0.15, -0.1) is 0 Å². The lowest BCUT2D eigenvalue weighted by molar-refractivity contribution is -0.145. The van der Waals surface area contributed by atoms with Gasteiger partial charge in [0.2, 0.25) is 17.7 Å². The fourth-order valence-corrected chi connectivity index (χ4v) is 7.70. The number of rotatable bonds is 13. The Hall–Kier alpha value is -5.00. The second-order valence-electron chi connectivity index (χ2n) is 15.2. The number of carbonyl (C=O) groups is 2. The second kappa shape index (κ2) is 17.1. The number of benzene rings is 2. The monoisotopic (exact) mass is 824 g/mol. The Kier molecular flexibility index (Phi) is 12.1. The molecule has 308 valence electrons. The SMILES string of the molecule is CC(C)(c1ncc(-c2ccc(Cl)cc2)o1)N1CCN(C[C@@H](O)C[C@@H](Cc2cc3cnccc3o2)C(=O)N[C@H]2c3ccccc3OC[C@H]2O)[C@H](C(=O)NCC(F)(F)F)C1. The third kappa shape index (κ3) is 9.48. The van der Waals surface area contributed by atoms with E-state index in [1.165, 1.54) is 0 Å². The van der Waals surface area contributed by atoms with Gasteiger partial charge in [-0.05, 0) is 62.7 Å². The highest BCUT2D eigenvalue weighted by atomic mass is 35.5. The molecule has 0 unspecified atom stereocenters. The number of β-amino-alcohol motifs (C(OH)–C–C–N with tert-alkyl or cyclic N) is 1. The van der Waals surface area contributed by atoms with Crippen LogP contribution in [0.3, 0.4) is 0 Å². The Balaban J connectivity index is 1.09. The largest absolute Gasteiger partial charge is 0.490 e. The fourth-order valence-electron chi connectivity index (χ4n) is 7.57. The normalized spacial score (nSPS) is 20.2. The molecule has 1 fully saturated rings. The van der Waals surface area contributed by atoms with Gasteiger partial charge in [0, 0.05) is 72.4 Å². The molecular formula is C41H44ClF3N6O7. The molecule has 58 heavy (non-hydrogen) atoms. The van der Waals surface area contributed by atoms with Gasteiger partial charge < -0.3 is 34.4 Å². The summed E-state index contributed by atoms with van der Waals surface area (Å²) in [5, 5.41) is 28.8. The molecule has 0 spiro atoms. The highest BCUT2D eigenvalue weighted by Crippen LogP contribution is 2.35. The number of furan rings is 1. The van der Waals surface area contributed by atoms with Crippen LogP contribution in [0, 0.1) is 5.92 Å². The molecule has 7 rings (SSSR count). The number of pyridine rings is 1. The highest BCUT2D eigenvalue weighted by molar-refractivity contribution is 6.30. The molecular weight excluding hydrogens is 781 g/mol. The summed E-state index contributed by atoms with van der Waals surface area (Å²) in [4.78, 5) is 39.9. The van der Waals surface area contributed by atoms with Gasteiger partial charge in [0.1, 0.15) is 42.4 Å². The van der Waals surface area contributed by atoms with Crippen molar-refractivity contribution < 1.29 is 46.5 Å². The van der Waals surface area contributed by atoms with Crippen LogP contribution < -0.4 is 15.4 Å². The molecule has 2 aliphatic heterocycles. The van der Waals surface area contributed by atoms with Crippen molar-refractivity contribution in [3.05, 3.63) is 101 Å². The minimum absolute atomic E-state index is 0.0138. The lowest BCUT2D eigenvalue weighted by Crippen LogP contribution is -2.63. The van der Waals surface area contributed by atoms with E-state index in [2.05, 4.69) is 15.3 Å². The van der Waals surface area contributed by atoms with Crippen molar-refractivity contribution in [1.82, 2.24) is 30.4 Å². The zero-order valence-corrected chi connectivity index (χ0v) is 32.5. The molecule has 0 radical (unpaired) electrons. The molecule has 0 aliphatic carbocycles. The predicted octanol–water partition coefficient (Wildman–Crippen LogP) is 5.26. The number of fused-ring (bicyclic) bond motifs is 2. The number of para-hydroxylation sites is 1. The minimum atomic E-state index is -4.64. The van der Waals surface area contributed by atoms with E-state index in [4.69, 9.17) is 25.2 Å². The Morgan fingerprint density at radius 1 is 1.05 bits per heavy atom. The first-order valence-corrected chi connectivity index (χ1v) is 19.3. The van der Waals surface area contributed by atoms with E-state index >= 15 is 0 Å². The predicted molar refractivity (Wildman–Crippen MR) is 207 cm³/mol. The number of oxazole rings is 1. The standard InChI is InChI=1S/C41H44ClF3N6O7/c1-40(2,39-47-19-35(58-39)24-7-9-27(42)10-8-24)51-14-13-50(31(21-51)38(55)48-23-41(43,44)45)20-28(52)15-25(16-29-17-26-18-46-12-11-33(26)57-29)37(54)49-36-30-5-3-4-6-34(30)56-22-32(36)53/h3-12,17-19,25,28,31-32,36,52-53H,13-16,20-23H2,1-2H3,(H,48,55)(H,49,54)/t25-,28-,31-,32+,36-/m0/s1. The van der Waals surface area contributed by atoms with Gasteiger partial charge in [-0.3, -0.25) is 24.4 Å². The van der Waals surface area contributed by atoms with Gasteiger partial charge in [0.05, 0.1) is 23.9 Å².